The van der Waals surface area contributed by atoms with E-state index < -0.39 is 17.5 Å². The standard InChI is InChI=1S/C20H15F2N3O2/c21-17-7-6-16(9-18(17)22)25-20(27)15-8-14(11-23-12-15)19(26)24-10-13-4-2-1-3-5-13/h1-9,11-12H,10H2,(H,24,26)(H,25,27). The van der Waals surface area contributed by atoms with Crippen LogP contribution in [0.5, 0.6) is 0 Å². The molecule has 3 aromatic rings. The second-order valence-corrected chi connectivity index (χ2v) is 5.71. The molecule has 0 saturated heterocycles. The molecule has 0 unspecified atom stereocenters. The number of hydrogen-bond donors (Lipinski definition) is 2. The number of nitrogens with one attached hydrogen (secondary N) is 2. The summed E-state index contributed by atoms with van der Waals surface area (Å²) in [4.78, 5) is 28.4. The summed E-state index contributed by atoms with van der Waals surface area (Å²) < 4.78 is 26.2. The Bertz CT molecular complexity index is 978. The van der Waals surface area contributed by atoms with Gasteiger partial charge in [-0.15, -0.1) is 0 Å². The Balaban J connectivity index is 1.67. The van der Waals surface area contributed by atoms with Gasteiger partial charge >= 0.3 is 0 Å². The van der Waals surface area contributed by atoms with Crippen LogP contribution >= 0.6 is 0 Å². The van der Waals surface area contributed by atoms with Crippen molar-refractivity contribution in [1.29, 1.82) is 0 Å². The average molecular weight is 367 g/mol. The van der Waals surface area contributed by atoms with Crippen LogP contribution in [0.3, 0.4) is 0 Å². The summed E-state index contributed by atoms with van der Waals surface area (Å²) in [5, 5.41) is 5.18. The molecule has 0 fully saturated rings. The summed E-state index contributed by atoms with van der Waals surface area (Å²) >= 11 is 0. The number of halogens is 2. The van der Waals surface area contributed by atoms with E-state index in [9.17, 15) is 18.4 Å². The number of aromatic nitrogens is 1. The lowest BCUT2D eigenvalue weighted by molar-refractivity contribution is 0.0950. The number of carbonyl (C=O) groups is 2. The molecule has 1 aromatic heterocycles. The minimum Gasteiger partial charge on any atom is -0.348 e. The van der Waals surface area contributed by atoms with Gasteiger partial charge in [-0.05, 0) is 23.8 Å². The van der Waals surface area contributed by atoms with Gasteiger partial charge in [-0.3, -0.25) is 14.6 Å². The Morgan fingerprint density at radius 1 is 0.852 bits per heavy atom. The quantitative estimate of drug-likeness (QED) is 0.725. The molecule has 0 radical (unpaired) electrons. The van der Waals surface area contributed by atoms with Crippen LogP contribution in [0.1, 0.15) is 26.3 Å². The Morgan fingerprint density at radius 2 is 1.56 bits per heavy atom. The van der Waals surface area contributed by atoms with Gasteiger partial charge in [-0.1, -0.05) is 30.3 Å². The van der Waals surface area contributed by atoms with Crippen molar-refractivity contribution in [1.82, 2.24) is 10.3 Å². The van der Waals surface area contributed by atoms with Crippen molar-refractivity contribution in [2.75, 3.05) is 5.32 Å². The normalized spacial score (nSPS) is 10.3. The number of rotatable bonds is 5. The highest BCUT2D eigenvalue weighted by Gasteiger charge is 2.12. The predicted molar refractivity (Wildman–Crippen MR) is 96.2 cm³/mol. The van der Waals surface area contributed by atoms with Crippen LogP contribution < -0.4 is 10.6 Å². The third-order valence-electron chi connectivity index (χ3n) is 3.74. The molecule has 0 aliphatic heterocycles. The smallest absolute Gasteiger partial charge is 0.257 e. The van der Waals surface area contributed by atoms with Crippen LogP contribution in [0.15, 0.2) is 67.0 Å². The molecule has 2 N–H and O–H groups in total. The van der Waals surface area contributed by atoms with Crippen molar-refractivity contribution in [3.63, 3.8) is 0 Å². The molecule has 0 aliphatic carbocycles. The zero-order chi connectivity index (χ0) is 19.2. The first kappa shape index (κ1) is 18.2. The molecule has 2 aromatic carbocycles. The summed E-state index contributed by atoms with van der Waals surface area (Å²) in [6.45, 7) is 0.338. The zero-order valence-corrected chi connectivity index (χ0v) is 14.1. The fraction of sp³-hybridized carbons (Fsp3) is 0.0500. The van der Waals surface area contributed by atoms with Crippen molar-refractivity contribution in [2.45, 2.75) is 6.54 Å². The molecule has 0 saturated carbocycles. The van der Waals surface area contributed by atoms with Crippen LogP contribution in [0.4, 0.5) is 14.5 Å². The lowest BCUT2D eigenvalue weighted by Gasteiger charge is -2.08. The molecule has 2 amide bonds. The molecular formula is C20H15F2N3O2. The van der Waals surface area contributed by atoms with Crippen molar-refractivity contribution >= 4 is 17.5 Å². The van der Waals surface area contributed by atoms with E-state index in [4.69, 9.17) is 0 Å². The first-order valence-corrected chi connectivity index (χ1v) is 8.06. The predicted octanol–water partition coefficient (Wildman–Crippen LogP) is 3.54. The van der Waals surface area contributed by atoms with Crippen LogP contribution in [-0.4, -0.2) is 16.8 Å². The SMILES string of the molecule is O=C(NCc1ccccc1)c1cncc(C(=O)Nc2ccc(F)c(F)c2)c1. The maximum Gasteiger partial charge on any atom is 0.257 e. The van der Waals surface area contributed by atoms with Crippen molar-refractivity contribution < 1.29 is 18.4 Å². The number of nitrogens with zero attached hydrogens (tertiary/aromatic N) is 1. The zero-order valence-electron chi connectivity index (χ0n) is 14.1. The topological polar surface area (TPSA) is 71.1 Å². The van der Waals surface area contributed by atoms with Crippen molar-refractivity contribution in [3.05, 3.63) is 95.3 Å². The van der Waals surface area contributed by atoms with Gasteiger partial charge < -0.3 is 10.6 Å². The van der Waals surface area contributed by atoms with Crippen LogP contribution in [-0.2, 0) is 6.54 Å². The van der Waals surface area contributed by atoms with Gasteiger partial charge in [0.05, 0.1) is 11.1 Å². The lowest BCUT2D eigenvalue weighted by Crippen LogP contribution is -2.23. The molecule has 7 heteroatoms. The van der Waals surface area contributed by atoms with E-state index in [1.165, 1.54) is 24.5 Å². The van der Waals surface area contributed by atoms with E-state index in [0.29, 0.717) is 6.54 Å². The lowest BCUT2D eigenvalue weighted by atomic mass is 10.1. The molecule has 0 atom stereocenters. The molecule has 1 heterocycles. The van der Waals surface area contributed by atoms with E-state index in [1.807, 2.05) is 30.3 Å². The molecule has 136 valence electrons. The van der Waals surface area contributed by atoms with Crippen molar-refractivity contribution in [3.8, 4) is 0 Å². The van der Waals surface area contributed by atoms with E-state index in [1.54, 1.807) is 0 Å². The molecular weight excluding hydrogens is 352 g/mol. The maximum atomic E-state index is 13.2. The fourth-order valence-electron chi connectivity index (χ4n) is 2.35. The summed E-state index contributed by atoms with van der Waals surface area (Å²) in [5.41, 5.74) is 1.36. The first-order valence-electron chi connectivity index (χ1n) is 8.06. The molecule has 0 spiro atoms. The Morgan fingerprint density at radius 3 is 2.26 bits per heavy atom. The van der Waals surface area contributed by atoms with Gasteiger partial charge in [-0.25, -0.2) is 8.78 Å². The number of hydrogen-bond acceptors (Lipinski definition) is 3. The molecule has 27 heavy (non-hydrogen) atoms. The summed E-state index contributed by atoms with van der Waals surface area (Å²) in [5.74, 6) is -3.05. The van der Waals surface area contributed by atoms with Gasteiger partial charge in [-0.2, -0.15) is 0 Å². The van der Waals surface area contributed by atoms with Gasteiger partial charge in [0, 0.05) is 30.7 Å². The molecule has 5 nitrogen and oxygen atoms in total. The second-order valence-electron chi connectivity index (χ2n) is 5.71. The van der Waals surface area contributed by atoms with Gasteiger partial charge in [0.15, 0.2) is 11.6 Å². The third-order valence-corrected chi connectivity index (χ3v) is 3.74. The second kappa shape index (κ2) is 8.18. The van der Waals surface area contributed by atoms with Gasteiger partial charge in [0.1, 0.15) is 0 Å². The number of pyridine rings is 1. The molecule has 0 bridgehead atoms. The number of anilines is 1. The Kier molecular flexibility index (Phi) is 5.51. The maximum absolute atomic E-state index is 13.2. The van der Waals surface area contributed by atoms with E-state index in [-0.39, 0.29) is 22.7 Å². The Labute approximate surface area is 154 Å². The number of carbonyl (C=O) groups excluding carboxylic acids is 2. The number of amides is 2. The number of benzene rings is 2. The largest absolute Gasteiger partial charge is 0.348 e. The fourth-order valence-corrected chi connectivity index (χ4v) is 2.35. The third kappa shape index (κ3) is 4.72. The monoisotopic (exact) mass is 367 g/mol. The summed E-state index contributed by atoms with van der Waals surface area (Å²) in [6, 6.07) is 13.8. The average Bonchev–Trinajstić information content (AvgIpc) is 2.70. The van der Waals surface area contributed by atoms with Crippen LogP contribution in [0.25, 0.3) is 0 Å². The molecule has 0 aliphatic rings. The minimum absolute atomic E-state index is 0.0952. The van der Waals surface area contributed by atoms with Crippen LogP contribution in [0, 0.1) is 11.6 Å². The minimum atomic E-state index is -1.07. The van der Waals surface area contributed by atoms with E-state index in [0.717, 1.165) is 17.7 Å². The van der Waals surface area contributed by atoms with Gasteiger partial charge in [0.25, 0.3) is 11.8 Å². The van der Waals surface area contributed by atoms with Crippen LogP contribution in [0.2, 0.25) is 0 Å². The summed E-state index contributed by atoms with van der Waals surface area (Å²) in [6.07, 6.45) is 2.62. The highest BCUT2D eigenvalue weighted by atomic mass is 19.2. The van der Waals surface area contributed by atoms with E-state index in [2.05, 4.69) is 15.6 Å². The Hall–Kier alpha value is -3.61. The van der Waals surface area contributed by atoms with Crippen molar-refractivity contribution in [2.24, 2.45) is 0 Å². The molecule has 3 rings (SSSR count). The summed E-state index contributed by atoms with van der Waals surface area (Å²) in [7, 11) is 0. The first-order chi connectivity index (χ1) is 13.0. The highest BCUT2D eigenvalue weighted by Crippen LogP contribution is 2.14. The highest BCUT2D eigenvalue weighted by molar-refractivity contribution is 6.05. The van der Waals surface area contributed by atoms with E-state index >= 15 is 0 Å². The van der Waals surface area contributed by atoms with Gasteiger partial charge in [0.2, 0.25) is 0 Å².